The molecule has 0 radical (unpaired) electrons. The minimum Gasteiger partial charge on any atom is -0.495 e. The summed E-state index contributed by atoms with van der Waals surface area (Å²) < 4.78 is 5.08. The molecule has 0 bridgehead atoms. The van der Waals surface area contributed by atoms with Crippen LogP contribution in [0.2, 0.25) is 0 Å². The van der Waals surface area contributed by atoms with Crippen molar-refractivity contribution in [2.45, 2.75) is 32.1 Å². The van der Waals surface area contributed by atoms with E-state index in [1.807, 2.05) is 0 Å². The average Bonchev–Trinajstić information content (AvgIpc) is 2.53. The fourth-order valence-electron chi connectivity index (χ4n) is 2.94. The van der Waals surface area contributed by atoms with E-state index in [0.29, 0.717) is 23.5 Å². The summed E-state index contributed by atoms with van der Waals surface area (Å²) in [5.74, 6) is 0.397. The van der Waals surface area contributed by atoms with Crippen molar-refractivity contribution in [3.8, 4) is 5.75 Å². The molecule has 0 saturated heterocycles. The number of nitrogens with one attached hydrogen (secondary N) is 1. The van der Waals surface area contributed by atoms with Crippen molar-refractivity contribution in [1.29, 1.82) is 0 Å². The van der Waals surface area contributed by atoms with Gasteiger partial charge in [0.25, 0.3) is 5.91 Å². The summed E-state index contributed by atoms with van der Waals surface area (Å²) in [6, 6.07) is 4.99. The Kier molecular flexibility index (Phi) is 5.07. The highest BCUT2D eigenvalue weighted by molar-refractivity contribution is 5.95. The molecular formula is C16H24N2O3. The Hall–Kier alpha value is -1.75. The lowest BCUT2D eigenvalue weighted by Crippen LogP contribution is -2.41. The van der Waals surface area contributed by atoms with Gasteiger partial charge in [-0.3, -0.25) is 4.79 Å². The van der Waals surface area contributed by atoms with Crippen LogP contribution in [0.15, 0.2) is 18.2 Å². The fourth-order valence-corrected chi connectivity index (χ4v) is 2.94. The lowest BCUT2D eigenvalue weighted by molar-refractivity contribution is 0.0718. The third kappa shape index (κ3) is 3.67. The second kappa shape index (κ2) is 6.80. The summed E-state index contributed by atoms with van der Waals surface area (Å²) in [4.78, 5) is 12.2. The lowest BCUT2D eigenvalue weighted by atomic mass is 9.74. The van der Waals surface area contributed by atoms with Gasteiger partial charge in [-0.2, -0.15) is 0 Å². The molecule has 1 aromatic carbocycles. The maximum absolute atomic E-state index is 12.2. The van der Waals surface area contributed by atoms with Crippen LogP contribution in [-0.4, -0.2) is 31.3 Å². The molecule has 5 nitrogen and oxygen atoms in total. The minimum atomic E-state index is -0.164. The Morgan fingerprint density at radius 3 is 2.67 bits per heavy atom. The van der Waals surface area contributed by atoms with Gasteiger partial charge in [0, 0.05) is 17.5 Å². The standard InChI is InChI=1S/C16H24N2O3/c1-21-14-6-5-12(9-13(14)17)15(20)18-10-16(11-19)7-3-2-4-8-16/h5-6,9,19H,2-4,7-8,10-11,17H2,1H3,(H,18,20). The van der Waals surface area contributed by atoms with Gasteiger partial charge < -0.3 is 20.9 Å². The highest BCUT2D eigenvalue weighted by Gasteiger charge is 2.31. The van der Waals surface area contributed by atoms with Crippen molar-refractivity contribution < 1.29 is 14.6 Å². The van der Waals surface area contributed by atoms with E-state index < -0.39 is 0 Å². The first kappa shape index (κ1) is 15.6. The summed E-state index contributed by atoms with van der Waals surface area (Å²) >= 11 is 0. The number of hydrogen-bond acceptors (Lipinski definition) is 4. The molecule has 1 aliphatic carbocycles. The van der Waals surface area contributed by atoms with Crippen LogP contribution in [0.1, 0.15) is 42.5 Å². The topological polar surface area (TPSA) is 84.6 Å². The van der Waals surface area contributed by atoms with E-state index in [2.05, 4.69) is 5.32 Å². The van der Waals surface area contributed by atoms with E-state index >= 15 is 0 Å². The number of carbonyl (C=O) groups excluding carboxylic acids is 1. The van der Waals surface area contributed by atoms with E-state index in [1.54, 1.807) is 25.3 Å². The largest absolute Gasteiger partial charge is 0.495 e. The number of amides is 1. The van der Waals surface area contributed by atoms with Gasteiger partial charge >= 0.3 is 0 Å². The Labute approximate surface area is 125 Å². The predicted molar refractivity (Wildman–Crippen MR) is 82.3 cm³/mol. The number of aliphatic hydroxyl groups is 1. The highest BCUT2D eigenvalue weighted by atomic mass is 16.5. The van der Waals surface area contributed by atoms with Crippen LogP contribution >= 0.6 is 0 Å². The predicted octanol–water partition coefficient (Wildman–Crippen LogP) is 1.95. The van der Waals surface area contributed by atoms with Gasteiger partial charge in [-0.25, -0.2) is 0 Å². The van der Waals surface area contributed by atoms with Gasteiger partial charge in [0.2, 0.25) is 0 Å². The highest BCUT2D eigenvalue weighted by Crippen LogP contribution is 2.35. The second-order valence-electron chi connectivity index (χ2n) is 5.86. The molecule has 0 unspecified atom stereocenters. The second-order valence-corrected chi connectivity index (χ2v) is 5.86. The van der Waals surface area contributed by atoms with Gasteiger partial charge in [0.05, 0.1) is 19.4 Å². The molecule has 116 valence electrons. The van der Waals surface area contributed by atoms with Crippen molar-refractivity contribution in [3.05, 3.63) is 23.8 Å². The Morgan fingerprint density at radius 2 is 2.10 bits per heavy atom. The van der Waals surface area contributed by atoms with Crippen LogP contribution in [-0.2, 0) is 0 Å². The molecule has 1 amide bonds. The number of ether oxygens (including phenoxy) is 1. The summed E-state index contributed by atoms with van der Waals surface area (Å²) in [6.07, 6.45) is 5.38. The quantitative estimate of drug-likeness (QED) is 0.724. The molecule has 2 rings (SSSR count). The number of hydrogen-bond donors (Lipinski definition) is 3. The molecule has 21 heavy (non-hydrogen) atoms. The van der Waals surface area contributed by atoms with Gasteiger partial charge in [-0.15, -0.1) is 0 Å². The number of aliphatic hydroxyl groups excluding tert-OH is 1. The maximum atomic E-state index is 12.2. The van der Waals surface area contributed by atoms with Crippen LogP contribution in [0.3, 0.4) is 0 Å². The number of methoxy groups -OCH3 is 1. The number of carbonyl (C=O) groups is 1. The minimum absolute atomic E-state index is 0.123. The zero-order valence-corrected chi connectivity index (χ0v) is 12.5. The monoisotopic (exact) mass is 292 g/mol. The van der Waals surface area contributed by atoms with Gasteiger partial charge in [0.15, 0.2) is 0 Å². The van der Waals surface area contributed by atoms with E-state index in [0.717, 1.165) is 25.7 Å². The van der Waals surface area contributed by atoms with Crippen LogP contribution in [0.25, 0.3) is 0 Å². The molecule has 4 N–H and O–H groups in total. The van der Waals surface area contributed by atoms with Crippen molar-refractivity contribution in [3.63, 3.8) is 0 Å². The van der Waals surface area contributed by atoms with E-state index in [4.69, 9.17) is 10.5 Å². The summed E-state index contributed by atoms with van der Waals surface area (Å²) in [7, 11) is 1.54. The van der Waals surface area contributed by atoms with Crippen LogP contribution in [0.5, 0.6) is 5.75 Å². The van der Waals surface area contributed by atoms with Crippen LogP contribution < -0.4 is 15.8 Å². The van der Waals surface area contributed by atoms with E-state index in [9.17, 15) is 9.90 Å². The normalized spacial score (nSPS) is 17.2. The first-order chi connectivity index (χ1) is 10.1. The van der Waals surface area contributed by atoms with Crippen molar-refractivity contribution >= 4 is 11.6 Å². The molecule has 1 saturated carbocycles. The molecule has 5 heteroatoms. The summed E-state index contributed by atoms with van der Waals surface area (Å²) in [6.45, 7) is 0.631. The molecule has 0 aromatic heterocycles. The third-order valence-corrected chi connectivity index (χ3v) is 4.37. The van der Waals surface area contributed by atoms with E-state index in [1.165, 1.54) is 6.42 Å². The molecule has 0 heterocycles. The average molecular weight is 292 g/mol. The SMILES string of the molecule is COc1ccc(C(=O)NCC2(CO)CCCCC2)cc1N. The Morgan fingerprint density at radius 1 is 1.38 bits per heavy atom. The number of anilines is 1. The van der Waals surface area contributed by atoms with E-state index in [-0.39, 0.29) is 17.9 Å². The van der Waals surface area contributed by atoms with Crippen molar-refractivity contribution in [2.75, 3.05) is 26.0 Å². The van der Waals surface area contributed by atoms with Gasteiger partial charge in [-0.1, -0.05) is 19.3 Å². The Bertz CT molecular complexity index is 496. The molecule has 1 fully saturated rings. The fraction of sp³-hybridized carbons (Fsp3) is 0.562. The summed E-state index contributed by atoms with van der Waals surface area (Å²) in [5, 5.41) is 12.6. The van der Waals surface area contributed by atoms with Gasteiger partial charge in [-0.05, 0) is 31.0 Å². The smallest absolute Gasteiger partial charge is 0.251 e. The zero-order chi connectivity index (χ0) is 15.3. The number of rotatable bonds is 5. The molecule has 1 aromatic rings. The number of nitrogens with two attached hydrogens (primary N) is 1. The van der Waals surface area contributed by atoms with Crippen LogP contribution in [0, 0.1) is 5.41 Å². The molecule has 0 atom stereocenters. The number of nitrogen functional groups attached to an aromatic ring is 1. The Balaban J connectivity index is 1.99. The molecule has 0 spiro atoms. The van der Waals surface area contributed by atoms with Gasteiger partial charge in [0.1, 0.15) is 5.75 Å². The molecular weight excluding hydrogens is 268 g/mol. The van der Waals surface area contributed by atoms with Crippen molar-refractivity contribution in [2.24, 2.45) is 5.41 Å². The first-order valence-electron chi connectivity index (χ1n) is 7.43. The first-order valence-corrected chi connectivity index (χ1v) is 7.43. The molecule has 0 aliphatic heterocycles. The maximum Gasteiger partial charge on any atom is 0.251 e. The van der Waals surface area contributed by atoms with Crippen LogP contribution in [0.4, 0.5) is 5.69 Å². The lowest BCUT2D eigenvalue weighted by Gasteiger charge is -2.35. The number of benzene rings is 1. The molecule has 1 aliphatic rings. The third-order valence-electron chi connectivity index (χ3n) is 4.37. The summed E-state index contributed by atoms with van der Waals surface area (Å²) in [5.41, 5.74) is 6.61. The van der Waals surface area contributed by atoms with Crippen molar-refractivity contribution in [1.82, 2.24) is 5.32 Å². The zero-order valence-electron chi connectivity index (χ0n) is 12.5.